The number of hydrogen-bond donors (Lipinski definition) is 0. The fourth-order valence-electron chi connectivity index (χ4n) is 3.84. The number of rotatable bonds is 2. The average molecular weight is 409 g/mol. The number of aromatic nitrogens is 2. The minimum Gasteiger partial charge on any atom is -0.373 e. The zero-order valence-corrected chi connectivity index (χ0v) is 17.8. The van der Waals surface area contributed by atoms with Crippen molar-refractivity contribution in [1.29, 1.82) is 0 Å². The van der Waals surface area contributed by atoms with Crippen LogP contribution in [0.2, 0.25) is 10.0 Å². The molecule has 0 saturated heterocycles. The summed E-state index contributed by atoms with van der Waals surface area (Å²) in [7, 11) is 3.93. The first-order chi connectivity index (χ1) is 12.8. The number of carbonyl (C=O) groups is 1. The van der Waals surface area contributed by atoms with E-state index >= 15 is 0 Å². The molecule has 2 heterocycles. The minimum absolute atomic E-state index is 0.0998. The smallest absolute Gasteiger partial charge is 0.222 e. The Morgan fingerprint density at radius 1 is 1.30 bits per heavy atom. The maximum absolute atomic E-state index is 12.4. The molecule has 1 aliphatic rings. The van der Waals surface area contributed by atoms with Gasteiger partial charge in [-0.3, -0.25) is 9.48 Å². The van der Waals surface area contributed by atoms with Crippen LogP contribution in [-0.2, 0) is 11.8 Å². The van der Waals surface area contributed by atoms with Crippen LogP contribution >= 0.6 is 23.2 Å². The van der Waals surface area contributed by atoms with Gasteiger partial charge in [-0.25, -0.2) is 0 Å². The van der Waals surface area contributed by atoms with Crippen molar-refractivity contribution in [1.82, 2.24) is 14.7 Å². The van der Waals surface area contributed by atoms with Crippen LogP contribution in [0.4, 0.5) is 5.69 Å². The fraction of sp³-hybridized carbons (Fsp3) is 0.500. The molecule has 0 aliphatic carbocycles. The van der Waals surface area contributed by atoms with Crippen molar-refractivity contribution in [3.63, 3.8) is 0 Å². The van der Waals surface area contributed by atoms with E-state index in [-0.39, 0.29) is 11.8 Å². The Morgan fingerprint density at radius 3 is 2.67 bits per heavy atom. The number of aryl methyl sites for hydroxylation is 1. The highest BCUT2D eigenvalue weighted by atomic mass is 35.5. The summed E-state index contributed by atoms with van der Waals surface area (Å²) in [5.41, 5.74) is 3.88. The number of anilines is 1. The molecule has 146 valence electrons. The predicted molar refractivity (Wildman–Crippen MR) is 112 cm³/mol. The maximum atomic E-state index is 12.4. The second-order valence-electron chi connectivity index (χ2n) is 7.23. The first-order valence-electron chi connectivity index (χ1n) is 9.34. The van der Waals surface area contributed by atoms with Crippen molar-refractivity contribution in [3.8, 4) is 11.3 Å². The van der Waals surface area contributed by atoms with Gasteiger partial charge in [-0.15, -0.1) is 0 Å². The van der Waals surface area contributed by atoms with Crippen molar-refractivity contribution in [2.75, 3.05) is 31.6 Å². The summed E-state index contributed by atoms with van der Waals surface area (Å²) in [6.45, 7) is 6.26. The van der Waals surface area contributed by atoms with Crippen molar-refractivity contribution in [2.45, 2.75) is 32.6 Å². The first-order valence-corrected chi connectivity index (χ1v) is 10.1. The van der Waals surface area contributed by atoms with Crippen LogP contribution in [0, 0.1) is 0 Å². The number of benzene rings is 1. The number of carbonyl (C=O) groups excluding carboxylic acids is 1. The SMILES string of the molecule is CCC(=O)N1CCCN(C)c2c(Cl)c(Cl)cc(-c3ccn(C)n3)c2C(C)C1. The van der Waals surface area contributed by atoms with Crippen molar-refractivity contribution >= 4 is 34.8 Å². The van der Waals surface area contributed by atoms with Gasteiger partial charge in [0.1, 0.15) is 0 Å². The van der Waals surface area contributed by atoms with E-state index in [2.05, 4.69) is 16.9 Å². The summed E-state index contributed by atoms with van der Waals surface area (Å²) in [5.74, 6) is 0.287. The van der Waals surface area contributed by atoms with Crippen LogP contribution < -0.4 is 4.90 Å². The Kier molecular flexibility index (Phi) is 6.02. The van der Waals surface area contributed by atoms with Gasteiger partial charge >= 0.3 is 0 Å². The Morgan fingerprint density at radius 2 is 2.04 bits per heavy atom. The monoisotopic (exact) mass is 408 g/mol. The summed E-state index contributed by atoms with van der Waals surface area (Å²) < 4.78 is 1.78. The lowest BCUT2D eigenvalue weighted by molar-refractivity contribution is -0.131. The van der Waals surface area contributed by atoms with E-state index in [1.165, 1.54) is 0 Å². The Balaban J connectivity index is 2.20. The van der Waals surface area contributed by atoms with Crippen LogP contribution in [0.25, 0.3) is 11.3 Å². The van der Waals surface area contributed by atoms with Gasteiger partial charge in [0.15, 0.2) is 0 Å². The number of halogens is 2. The number of nitrogens with zero attached hydrogens (tertiary/aromatic N) is 4. The van der Waals surface area contributed by atoms with E-state index in [0.29, 0.717) is 23.0 Å². The zero-order chi connectivity index (χ0) is 19.7. The second-order valence-corrected chi connectivity index (χ2v) is 8.01. The molecule has 5 nitrogen and oxygen atoms in total. The standard InChI is InChI=1S/C20H26Cl2N4O/c1-5-17(27)26-9-6-8-24(3)20-18(13(2)12-26)14(11-15(21)19(20)22)16-7-10-25(4)23-16/h7,10-11,13H,5-6,8-9,12H2,1-4H3. The molecule has 0 saturated carbocycles. The molecule has 0 N–H and O–H groups in total. The van der Waals surface area contributed by atoms with Gasteiger partial charge in [-0.1, -0.05) is 37.0 Å². The van der Waals surface area contributed by atoms with Gasteiger partial charge < -0.3 is 9.80 Å². The van der Waals surface area contributed by atoms with Crippen molar-refractivity contribution in [3.05, 3.63) is 33.9 Å². The normalized spacial score (nSPS) is 17.9. The number of amides is 1. The molecule has 3 rings (SSSR count). The van der Waals surface area contributed by atoms with Gasteiger partial charge in [0, 0.05) is 57.8 Å². The summed E-state index contributed by atoms with van der Waals surface area (Å²) in [4.78, 5) is 16.5. The predicted octanol–water partition coefficient (Wildman–Crippen LogP) is 4.58. The molecule has 0 fully saturated rings. The molecule has 0 radical (unpaired) electrons. The number of fused-ring (bicyclic) bond motifs is 1. The van der Waals surface area contributed by atoms with Crippen molar-refractivity contribution in [2.24, 2.45) is 7.05 Å². The highest BCUT2D eigenvalue weighted by molar-refractivity contribution is 6.44. The van der Waals surface area contributed by atoms with E-state index in [1.54, 1.807) is 4.68 Å². The van der Waals surface area contributed by atoms with Gasteiger partial charge in [0.05, 0.1) is 21.4 Å². The van der Waals surface area contributed by atoms with Gasteiger partial charge in [0.2, 0.25) is 5.91 Å². The van der Waals surface area contributed by atoms with Gasteiger partial charge in [-0.05, 0) is 24.1 Å². The lowest BCUT2D eigenvalue weighted by Gasteiger charge is -2.28. The summed E-state index contributed by atoms with van der Waals surface area (Å²) in [5, 5.41) is 5.67. The third-order valence-electron chi connectivity index (χ3n) is 5.17. The lowest BCUT2D eigenvalue weighted by Crippen LogP contribution is -2.34. The van der Waals surface area contributed by atoms with E-state index in [4.69, 9.17) is 23.2 Å². The van der Waals surface area contributed by atoms with Crippen LogP contribution in [0.5, 0.6) is 0 Å². The molecule has 1 aromatic heterocycles. The highest BCUT2D eigenvalue weighted by Gasteiger charge is 2.28. The number of hydrogen-bond acceptors (Lipinski definition) is 3. The van der Waals surface area contributed by atoms with E-state index < -0.39 is 0 Å². The molecule has 0 bridgehead atoms. The molecule has 2 aromatic rings. The highest BCUT2D eigenvalue weighted by Crippen LogP contribution is 2.45. The Bertz CT molecular complexity index is 849. The molecule has 0 spiro atoms. The van der Waals surface area contributed by atoms with Crippen LogP contribution in [-0.4, -0.2) is 47.3 Å². The Labute approximate surface area is 170 Å². The molecule has 27 heavy (non-hydrogen) atoms. The fourth-order valence-corrected chi connectivity index (χ4v) is 4.34. The van der Waals surface area contributed by atoms with Gasteiger partial charge in [-0.2, -0.15) is 5.10 Å². The molecule has 1 amide bonds. The van der Waals surface area contributed by atoms with Gasteiger partial charge in [0.25, 0.3) is 0 Å². The lowest BCUT2D eigenvalue weighted by atomic mass is 9.91. The molecular formula is C20H26Cl2N4O. The summed E-state index contributed by atoms with van der Waals surface area (Å²) in [6.07, 6.45) is 3.32. The molecular weight excluding hydrogens is 383 g/mol. The molecule has 1 aromatic carbocycles. The topological polar surface area (TPSA) is 41.4 Å². The minimum atomic E-state index is 0.0998. The van der Waals surface area contributed by atoms with E-state index in [0.717, 1.165) is 42.0 Å². The maximum Gasteiger partial charge on any atom is 0.222 e. The Hall–Kier alpha value is -1.72. The van der Waals surface area contributed by atoms with E-state index in [1.807, 2.05) is 44.2 Å². The first kappa shape index (κ1) is 20.0. The van der Waals surface area contributed by atoms with Crippen LogP contribution in [0.3, 0.4) is 0 Å². The van der Waals surface area contributed by atoms with Crippen molar-refractivity contribution < 1.29 is 4.79 Å². The molecule has 1 atom stereocenters. The molecule has 1 aliphatic heterocycles. The third kappa shape index (κ3) is 3.94. The second kappa shape index (κ2) is 8.11. The summed E-state index contributed by atoms with van der Waals surface area (Å²) >= 11 is 13.2. The van der Waals surface area contributed by atoms with Crippen LogP contribution in [0.1, 0.15) is 38.2 Å². The largest absolute Gasteiger partial charge is 0.373 e. The zero-order valence-electron chi connectivity index (χ0n) is 16.3. The average Bonchev–Trinajstić information content (AvgIpc) is 3.08. The summed E-state index contributed by atoms with van der Waals surface area (Å²) in [6, 6.07) is 3.88. The quantitative estimate of drug-likeness (QED) is 0.730. The van der Waals surface area contributed by atoms with Crippen LogP contribution in [0.15, 0.2) is 18.3 Å². The van der Waals surface area contributed by atoms with E-state index in [9.17, 15) is 4.79 Å². The third-order valence-corrected chi connectivity index (χ3v) is 5.95. The molecule has 7 heteroatoms. The molecule has 1 unspecified atom stereocenters.